The van der Waals surface area contributed by atoms with Gasteiger partial charge in [0.2, 0.25) is 0 Å². The monoisotopic (exact) mass is 346 g/mol. The fraction of sp³-hybridized carbons (Fsp3) is 0.238. The summed E-state index contributed by atoms with van der Waals surface area (Å²) >= 11 is 0. The average molecular weight is 346 g/mol. The number of para-hydroxylation sites is 1. The molecule has 1 aromatic heterocycles. The van der Waals surface area contributed by atoms with Gasteiger partial charge in [0.15, 0.2) is 0 Å². The lowest BCUT2D eigenvalue weighted by Gasteiger charge is -2.25. The van der Waals surface area contributed by atoms with Crippen LogP contribution in [-0.2, 0) is 0 Å². The zero-order chi connectivity index (χ0) is 17.6. The fourth-order valence-electron chi connectivity index (χ4n) is 3.15. The highest BCUT2D eigenvalue weighted by Gasteiger charge is 2.15. The van der Waals surface area contributed by atoms with Crippen LogP contribution in [0.3, 0.4) is 0 Å². The molecule has 2 aromatic carbocycles. The lowest BCUT2D eigenvalue weighted by molar-refractivity contribution is 0.479. The molecule has 5 heteroatoms. The third-order valence-corrected chi connectivity index (χ3v) is 4.49. The molecule has 26 heavy (non-hydrogen) atoms. The summed E-state index contributed by atoms with van der Waals surface area (Å²) in [5, 5.41) is 6.98. The lowest BCUT2D eigenvalue weighted by Crippen LogP contribution is -2.38. The molecule has 0 radical (unpaired) electrons. The molecule has 2 N–H and O–H groups in total. The van der Waals surface area contributed by atoms with Crippen molar-refractivity contribution in [3.05, 3.63) is 67.1 Å². The van der Waals surface area contributed by atoms with E-state index in [9.17, 15) is 0 Å². The van der Waals surface area contributed by atoms with E-state index in [1.54, 1.807) is 6.33 Å². The van der Waals surface area contributed by atoms with Crippen molar-refractivity contribution in [2.45, 2.75) is 18.9 Å². The molecule has 1 aliphatic heterocycles. The molecule has 1 aliphatic rings. The van der Waals surface area contributed by atoms with E-state index in [1.165, 1.54) is 6.42 Å². The normalized spacial score (nSPS) is 16.8. The second-order valence-electron chi connectivity index (χ2n) is 6.41. The first-order chi connectivity index (χ1) is 12.9. The van der Waals surface area contributed by atoms with Crippen LogP contribution in [0.1, 0.15) is 12.8 Å². The number of nitrogens with zero attached hydrogens (tertiary/aromatic N) is 2. The van der Waals surface area contributed by atoms with E-state index in [0.717, 1.165) is 48.0 Å². The van der Waals surface area contributed by atoms with Crippen LogP contribution in [-0.4, -0.2) is 29.1 Å². The number of nitrogens with one attached hydrogen (secondary N) is 2. The Labute approximate surface area is 153 Å². The van der Waals surface area contributed by atoms with Crippen molar-refractivity contribution in [3.8, 4) is 22.6 Å². The van der Waals surface area contributed by atoms with E-state index in [4.69, 9.17) is 4.74 Å². The molecule has 1 saturated heterocycles. The van der Waals surface area contributed by atoms with Crippen molar-refractivity contribution >= 4 is 5.82 Å². The summed E-state index contributed by atoms with van der Waals surface area (Å²) in [6, 6.07) is 18.2. The van der Waals surface area contributed by atoms with Gasteiger partial charge in [-0.1, -0.05) is 30.3 Å². The van der Waals surface area contributed by atoms with Crippen molar-refractivity contribution in [2.24, 2.45) is 0 Å². The van der Waals surface area contributed by atoms with Gasteiger partial charge in [-0.15, -0.1) is 0 Å². The predicted octanol–water partition coefficient (Wildman–Crippen LogP) is 4.10. The van der Waals surface area contributed by atoms with Crippen LogP contribution in [0.25, 0.3) is 11.1 Å². The van der Waals surface area contributed by atoms with Crippen molar-refractivity contribution in [3.63, 3.8) is 0 Å². The topological polar surface area (TPSA) is 59.1 Å². The van der Waals surface area contributed by atoms with Crippen LogP contribution in [0, 0.1) is 0 Å². The highest BCUT2D eigenvalue weighted by molar-refractivity contribution is 5.74. The predicted molar refractivity (Wildman–Crippen MR) is 103 cm³/mol. The van der Waals surface area contributed by atoms with E-state index in [0.29, 0.717) is 6.04 Å². The Morgan fingerprint density at radius 2 is 1.81 bits per heavy atom. The fourth-order valence-corrected chi connectivity index (χ4v) is 3.15. The SMILES string of the molecule is c1ccc(Oc2ccc(-c3cncnc3NC3CCCNC3)cc2)cc1. The van der Waals surface area contributed by atoms with Gasteiger partial charge in [-0.25, -0.2) is 9.97 Å². The van der Waals surface area contributed by atoms with Crippen molar-refractivity contribution in [2.75, 3.05) is 18.4 Å². The average Bonchev–Trinajstić information content (AvgIpc) is 2.71. The first-order valence-electron chi connectivity index (χ1n) is 8.99. The van der Waals surface area contributed by atoms with Gasteiger partial charge < -0.3 is 15.4 Å². The van der Waals surface area contributed by atoms with Crippen LogP contribution in [0.5, 0.6) is 11.5 Å². The van der Waals surface area contributed by atoms with Gasteiger partial charge in [0.05, 0.1) is 0 Å². The second-order valence-corrected chi connectivity index (χ2v) is 6.41. The van der Waals surface area contributed by atoms with E-state index >= 15 is 0 Å². The maximum atomic E-state index is 5.87. The van der Waals surface area contributed by atoms with Crippen LogP contribution < -0.4 is 15.4 Å². The van der Waals surface area contributed by atoms with Crippen molar-refractivity contribution < 1.29 is 4.74 Å². The Balaban J connectivity index is 1.52. The zero-order valence-electron chi connectivity index (χ0n) is 14.6. The smallest absolute Gasteiger partial charge is 0.137 e. The van der Waals surface area contributed by atoms with Gasteiger partial charge in [-0.2, -0.15) is 0 Å². The minimum absolute atomic E-state index is 0.401. The van der Waals surface area contributed by atoms with E-state index in [1.807, 2.05) is 60.8 Å². The molecule has 1 atom stereocenters. The molecule has 0 saturated carbocycles. The van der Waals surface area contributed by atoms with Gasteiger partial charge in [0, 0.05) is 24.3 Å². The highest BCUT2D eigenvalue weighted by atomic mass is 16.5. The summed E-state index contributed by atoms with van der Waals surface area (Å²) in [5.41, 5.74) is 2.07. The minimum atomic E-state index is 0.401. The Morgan fingerprint density at radius 1 is 1.00 bits per heavy atom. The molecule has 132 valence electrons. The van der Waals surface area contributed by atoms with Crippen molar-refractivity contribution in [1.29, 1.82) is 0 Å². The molecule has 3 aromatic rings. The minimum Gasteiger partial charge on any atom is -0.457 e. The third-order valence-electron chi connectivity index (χ3n) is 4.49. The van der Waals surface area contributed by atoms with Crippen LogP contribution >= 0.6 is 0 Å². The second kappa shape index (κ2) is 7.97. The van der Waals surface area contributed by atoms with Gasteiger partial charge in [-0.05, 0) is 49.2 Å². The maximum Gasteiger partial charge on any atom is 0.137 e. The highest BCUT2D eigenvalue weighted by Crippen LogP contribution is 2.29. The lowest BCUT2D eigenvalue weighted by atomic mass is 10.1. The molecule has 0 amide bonds. The van der Waals surface area contributed by atoms with E-state index in [-0.39, 0.29) is 0 Å². The summed E-state index contributed by atoms with van der Waals surface area (Å²) < 4.78 is 5.87. The first kappa shape index (κ1) is 16.5. The van der Waals surface area contributed by atoms with Gasteiger partial charge in [0.1, 0.15) is 23.6 Å². The standard InChI is InChI=1S/C21H22N4O/c1-2-6-18(7-3-1)26-19-10-8-16(9-11-19)20-14-23-15-24-21(20)25-17-5-4-12-22-13-17/h1-3,6-11,14-15,17,22H,4-5,12-13H2,(H,23,24,25). The molecule has 1 fully saturated rings. The number of hydrogen-bond donors (Lipinski definition) is 2. The molecule has 2 heterocycles. The number of aromatic nitrogens is 2. The van der Waals surface area contributed by atoms with Crippen LogP contribution in [0.2, 0.25) is 0 Å². The van der Waals surface area contributed by atoms with Gasteiger partial charge in [-0.3, -0.25) is 0 Å². The number of hydrogen-bond acceptors (Lipinski definition) is 5. The number of ether oxygens (including phenoxy) is 1. The number of piperidine rings is 1. The Hall–Kier alpha value is -2.92. The molecule has 0 bridgehead atoms. The third kappa shape index (κ3) is 4.00. The number of anilines is 1. The summed E-state index contributed by atoms with van der Waals surface area (Å²) in [4.78, 5) is 8.67. The van der Waals surface area contributed by atoms with Gasteiger partial charge in [0.25, 0.3) is 0 Å². The summed E-state index contributed by atoms with van der Waals surface area (Å²) in [6.07, 6.45) is 5.79. The molecule has 5 nitrogen and oxygen atoms in total. The summed E-state index contributed by atoms with van der Waals surface area (Å²) in [5.74, 6) is 2.52. The molecule has 1 unspecified atom stereocenters. The van der Waals surface area contributed by atoms with E-state index in [2.05, 4.69) is 20.6 Å². The maximum absolute atomic E-state index is 5.87. The largest absolute Gasteiger partial charge is 0.457 e. The first-order valence-corrected chi connectivity index (χ1v) is 8.99. The Bertz CT molecular complexity index is 830. The quantitative estimate of drug-likeness (QED) is 0.728. The van der Waals surface area contributed by atoms with Gasteiger partial charge >= 0.3 is 0 Å². The molecular weight excluding hydrogens is 324 g/mol. The molecule has 0 spiro atoms. The zero-order valence-corrected chi connectivity index (χ0v) is 14.6. The Kier molecular flexibility index (Phi) is 5.07. The summed E-state index contributed by atoms with van der Waals surface area (Å²) in [7, 11) is 0. The number of rotatable bonds is 5. The molecular formula is C21H22N4O. The molecule has 4 rings (SSSR count). The summed E-state index contributed by atoms with van der Waals surface area (Å²) in [6.45, 7) is 2.06. The Morgan fingerprint density at radius 3 is 2.58 bits per heavy atom. The van der Waals surface area contributed by atoms with Crippen LogP contribution in [0.15, 0.2) is 67.1 Å². The molecule has 0 aliphatic carbocycles. The van der Waals surface area contributed by atoms with Crippen molar-refractivity contribution in [1.82, 2.24) is 15.3 Å². The number of benzene rings is 2. The van der Waals surface area contributed by atoms with E-state index < -0.39 is 0 Å². The van der Waals surface area contributed by atoms with Crippen LogP contribution in [0.4, 0.5) is 5.82 Å².